The fourth-order valence-corrected chi connectivity index (χ4v) is 3.07. The van der Waals surface area contributed by atoms with Crippen molar-refractivity contribution in [3.05, 3.63) is 65.2 Å². The van der Waals surface area contributed by atoms with Gasteiger partial charge in [0.1, 0.15) is 5.75 Å². The van der Waals surface area contributed by atoms with Crippen molar-refractivity contribution < 1.29 is 5.11 Å². The van der Waals surface area contributed by atoms with Gasteiger partial charge in [-0.25, -0.2) is 0 Å². The van der Waals surface area contributed by atoms with Crippen molar-refractivity contribution in [2.75, 3.05) is 0 Å². The van der Waals surface area contributed by atoms with Crippen molar-refractivity contribution in [2.24, 2.45) is 0 Å². The normalized spacial score (nSPS) is 11.6. The Morgan fingerprint density at radius 2 is 1.26 bits per heavy atom. The van der Waals surface area contributed by atoms with E-state index in [0.29, 0.717) is 5.75 Å². The highest BCUT2D eigenvalue weighted by Crippen LogP contribution is 2.32. The third-order valence-corrected chi connectivity index (χ3v) is 4.83. The van der Waals surface area contributed by atoms with Gasteiger partial charge >= 0.3 is 0 Å². The summed E-state index contributed by atoms with van der Waals surface area (Å²) >= 11 is 0. The molecule has 1 nitrogen and oxygen atoms in total. The standard InChI is InChI=1S/C22H30O/c1-4-5-6-7-8-9-18-10-12-19(13-11-18)22(2,3)20-14-16-21(23)17-15-20/h10-17,23H,4-9H2,1-3H3. The van der Waals surface area contributed by atoms with Crippen LogP contribution in [0.1, 0.15) is 69.6 Å². The van der Waals surface area contributed by atoms with Crippen LogP contribution in [0.5, 0.6) is 5.75 Å². The lowest BCUT2D eigenvalue weighted by molar-refractivity contribution is 0.474. The van der Waals surface area contributed by atoms with Crippen LogP contribution in [-0.4, -0.2) is 5.11 Å². The molecule has 0 atom stereocenters. The zero-order chi connectivity index (χ0) is 16.7. The summed E-state index contributed by atoms with van der Waals surface area (Å²) in [7, 11) is 0. The second-order valence-corrected chi connectivity index (χ2v) is 7.03. The molecule has 2 rings (SSSR count). The SMILES string of the molecule is CCCCCCCc1ccc(C(C)(C)c2ccc(O)cc2)cc1. The summed E-state index contributed by atoms with van der Waals surface area (Å²) in [5.41, 5.74) is 3.93. The van der Waals surface area contributed by atoms with E-state index in [0.717, 1.165) is 0 Å². The maximum absolute atomic E-state index is 9.47. The summed E-state index contributed by atoms with van der Waals surface area (Å²) < 4.78 is 0. The van der Waals surface area contributed by atoms with E-state index in [1.54, 1.807) is 12.1 Å². The number of benzene rings is 2. The number of aryl methyl sites for hydroxylation is 1. The number of aromatic hydroxyl groups is 1. The lowest BCUT2D eigenvalue weighted by atomic mass is 9.78. The predicted molar refractivity (Wildman–Crippen MR) is 99.1 cm³/mol. The Labute approximate surface area is 141 Å². The molecule has 0 amide bonds. The molecular formula is C22H30O. The summed E-state index contributed by atoms with van der Waals surface area (Å²) in [6.07, 6.45) is 7.85. The zero-order valence-electron chi connectivity index (χ0n) is 14.8. The first-order valence-electron chi connectivity index (χ1n) is 8.93. The largest absolute Gasteiger partial charge is 0.508 e. The maximum Gasteiger partial charge on any atom is 0.115 e. The van der Waals surface area contributed by atoms with E-state index in [1.165, 1.54) is 55.2 Å². The minimum absolute atomic E-state index is 0.0483. The van der Waals surface area contributed by atoms with E-state index in [9.17, 15) is 5.11 Å². The zero-order valence-corrected chi connectivity index (χ0v) is 14.8. The van der Waals surface area contributed by atoms with E-state index in [-0.39, 0.29) is 5.41 Å². The molecule has 0 aliphatic heterocycles. The lowest BCUT2D eigenvalue weighted by Gasteiger charge is -2.26. The van der Waals surface area contributed by atoms with Crippen LogP contribution in [0.4, 0.5) is 0 Å². The molecular weight excluding hydrogens is 280 g/mol. The Bertz CT molecular complexity index is 578. The van der Waals surface area contributed by atoms with Gasteiger partial charge in [0.2, 0.25) is 0 Å². The molecule has 1 N–H and O–H groups in total. The highest BCUT2D eigenvalue weighted by molar-refractivity contribution is 5.40. The summed E-state index contributed by atoms with van der Waals surface area (Å²) in [6.45, 7) is 6.73. The lowest BCUT2D eigenvalue weighted by Crippen LogP contribution is -2.18. The maximum atomic E-state index is 9.47. The molecule has 0 saturated carbocycles. The molecule has 2 aromatic carbocycles. The summed E-state index contributed by atoms with van der Waals surface area (Å²) in [5.74, 6) is 0.322. The van der Waals surface area contributed by atoms with Crippen molar-refractivity contribution in [2.45, 2.75) is 64.7 Å². The van der Waals surface area contributed by atoms with Crippen LogP contribution in [-0.2, 0) is 11.8 Å². The van der Waals surface area contributed by atoms with Gasteiger partial charge in [0, 0.05) is 5.41 Å². The molecule has 0 aromatic heterocycles. The van der Waals surface area contributed by atoms with Gasteiger partial charge in [0.25, 0.3) is 0 Å². The molecule has 0 spiro atoms. The van der Waals surface area contributed by atoms with Gasteiger partial charge in [-0.3, -0.25) is 0 Å². The summed E-state index contributed by atoms with van der Waals surface area (Å²) in [6, 6.07) is 16.6. The van der Waals surface area contributed by atoms with Gasteiger partial charge in [-0.2, -0.15) is 0 Å². The first kappa shape index (κ1) is 17.6. The monoisotopic (exact) mass is 310 g/mol. The third kappa shape index (κ3) is 4.86. The molecule has 1 heteroatoms. The molecule has 2 aromatic rings. The van der Waals surface area contributed by atoms with Crippen molar-refractivity contribution in [3.63, 3.8) is 0 Å². The molecule has 0 aliphatic rings. The second kappa shape index (κ2) is 8.19. The number of rotatable bonds is 8. The van der Waals surface area contributed by atoms with Crippen LogP contribution < -0.4 is 0 Å². The van der Waals surface area contributed by atoms with Gasteiger partial charge in [0.15, 0.2) is 0 Å². The van der Waals surface area contributed by atoms with Gasteiger partial charge in [-0.05, 0) is 41.7 Å². The minimum Gasteiger partial charge on any atom is -0.508 e. The molecule has 23 heavy (non-hydrogen) atoms. The van der Waals surface area contributed by atoms with Crippen molar-refractivity contribution in [3.8, 4) is 5.75 Å². The average molecular weight is 310 g/mol. The highest BCUT2D eigenvalue weighted by atomic mass is 16.3. The predicted octanol–water partition coefficient (Wildman–Crippen LogP) is 6.23. The van der Waals surface area contributed by atoms with E-state index in [2.05, 4.69) is 45.0 Å². The Kier molecular flexibility index (Phi) is 6.27. The van der Waals surface area contributed by atoms with E-state index in [4.69, 9.17) is 0 Å². The number of hydrogen-bond donors (Lipinski definition) is 1. The first-order chi connectivity index (χ1) is 11.0. The van der Waals surface area contributed by atoms with Crippen LogP contribution in [0.2, 0.25) is 0 Å². The molecule has 0 unspecified atom stereocenters. The van der Waals surface area contributed by atoms with Gasteiger partial charge in [-0.1, -0.05) is 82.9 Å². The fourth-order valence-electron chi connectivity index (χ4n) is 3.07. The smallest absolute Gasteiger partial charge is 0.115 e. The molecule has 0 aliphatic carbocycles. The number of unbranched alkanes of at least 4 members (excludes halogenated alkanes) is 4. The van der Waals surface area contributed by atoms with E-state index < -0.39 is 0 Å². The van der Waals surface area contributed by atoms with Gasteiger partial charge in [-0.15, -0.1) is 0 Å². The molecule has 0 radical (unpaired) electrons. The Hall–Kier alpha value is -1.76. The molecule has 0 heterocycles. The Balaban J connectivity index is 1.99. The van der Waals surface area contributed by atoms with Crippen molar-refractivity contribution in [1.29, 1.82) is 0 Å². The summed E-state index contributed by atoms with van der Waals surface area (Å²) in [4.78, 5) is 0. The molecule has 124 valence electrons. The minimum atomic E-state index is -0.0483. The number of phenolic OH excluding ortho intramolecular Hbond substituents is 1. The number of hydrogen-bond acceptors (Lipinski definition) is 1. The quantitative estimate of drug-likeness (QED) is 0.573. The van der Waals surface area contributed by atoms with Crippen LogP contribution in [0.3, 0.4) is 0 Å². The molecule has 0 saturated heterocycles. The van der Waals surface area contributed by atoms with Crippen LogP contribution in [0.15, 0.2) is 48.5 Å². The fraction of sp³-hybridized carbons (Fsp3) is 0.455. The summed E-state index contributed by atoms with van der Waals surface area (Å²) in [5, 5.41) is 9.47. The average Bonchev–Trinajstić information content (AvgIpc) is 2.55. The van der Waals surface area contributed by atoms with Crippen molar-refractivity contribution >= 4 is 0 Å². The van der Waals surface area contributed by atoms with Crippen LogP contribution in [0, 0.1) is 0 Å². The topological polar surface area (TPSA) is 20.2 Å². The number of phenols is 1. The van der Waals surface area contributed by atoms with E-state index >= 15 is 0 Å². The van der Waals surface area contributed by atoms with Gasteiger partial charge < -0.3 is 5.11 Å². The highest BCUT2D eigenvalue weighted by Gasteiger charge is 2.22. The van der Waals surface area contributed by atoms with Gasteiger partial charge in [0.05, 0.1) is 0 Å². The molecule has 0 bridgehead atoms. The van der Waals surface area contributed by atoms with Crippen LogP contribution in [0.25, 0.3) is 0 Å². The van der Waals surface area contributed by atoms with Crippen molar-refractivity contribution in [1.82, 2.24) is 0 Å². The first-order valence-corrected chi connectivity index (χ1v) is 8.93. The van der Waals surface area contributed by atoms with E-state index in [1.807, 2.05) is 12.1 Å². The Morgan fingerprint density at radius 3 is 1.83 bits per heavy atom. The Morgan fingerprint density at radius 1 is 0.739 bits per heavy atom. The van der Waals surface area contributed by atoms with Crippen LogP contribution >= 0.6 is 0 Å². The molecule has 0 fully saturated rings. The second-order valence-electron chi connectivity index (χ2n) is 7.03. The third-order valence-electron chi connectivity index (χ3n) is 4.83.